The van der Waals surface area contributed by atoms with E-state index in [1.807, 2.05) is 0 Å². The van der Waals surface area contributed by atoms with Gasteiger partial charge in [0.1, 0.15) is 17.2 Å². The maximum atomic E-state index is 13.0. The fourth-order valence-electron chi connectivity index (χ4n) is 4.28. The summed E-state index contributed by atoms with van der Waals surface area (Å²) in [6.45, 7) is 1.06. The minimum Gasteiger partial charge on any atom is -0.496 e. The number of nitrogens with one attached hydrogen (secondary N) is 6. The number of hydrogen-bond acceptors (Lipinski definition) is 10. The zero-order valence-corrected chi connectivity index (χ0v) is 26.8. The number of carbonyl (C=O) groups excluding carboxylic acids is 6. The van der Waals surface area contributed by atoms with Crippen molar-refractivity contribution >= 4 is 52.5 Å². The first kappa shape index (κ1) is 36.3. The van der Waals surface area contributed by atoms with Crippen molar-refractivity contribution in [2.24, 2.45) is 5.73 Å². The predicted molar refractivity (Wildman–Crippen MR) is 177 cm³/mol. The Hall–Kier alpha value is -6.16. The summed E-state index contributed by atoms with van der Waals surface area (Å²) in [5.74, 6) is -2.61. The second-order valence-corrected chi connectivity index (χ2v) is 9.82. The average Bonchev–Trinajstić information content (AvgIpc) is 3.09. The van der Waals surface area contributed by atoms with E-state index < -0.39 is 42.6 Å². The molecule has 0 radical (unpaired) electrons. The Kier molecular flexibility index (Phi) is 13.2. The summed E-state index contributed by atoms with van der Waals surface area (Å²) in [4.78, 5) is 75.1. The van der Waals surface area contributed by atoms with Crippen molar-refractivity contribution in [3.05, 3.63) is 71.3 Å². The molecule has 16 nitrogen and oxygen atoms in total. The average molecular weight is 664 g/mol. The number of hydrogen-bond donors (Lipinski definition) is 7. The van der Waals surface area contributed by atoms with Crippen molar-refractivity contribution in [3.63, 3.8) is 0 Å². The van der Waals surface area contributed by atoms with Crippen LogP contribution >= 0.6 is 0 Å². The maximum absolute atomic E-state index is 13.0. The molecule has 16 heteroatoms. The fourth-order valence-corrected chi connectivity index (χ4v) is 4.28. The Morgan fingerprint density at radius 1 is 0.542 bits per heavy atom. The number of ether oxygens (including phenoxy) is 3. The van der Waals surface area contributed by atoms with Gasteiger partial charge in [0.05, 0.1) is 57.7 Å². The van der Waals surface area contributed by atoms with Gasteiger partial charge in [-0.2, -0.15) is 0 Å². The largest absolute Gasteiger partial charge is 0.496 e. The van der Waals surface area contributed by atoms with Gasteiger partial charge in [-0.1, -0.05) is 0 Å². The topological polar surface area (TPSA) is 228 Å². The third-order valence-corrected chi connectivity index (χ3v) is 6.53. The van der Waals surface area contributed by atoms with Gasteiger partial charge in [0.15, 0.2) is 0 Å². The fraction of sp³-hybridized carbons (Fsp3) is 0.250. The molecule has 0 aliphatic heterocycles. The summed E-state index contributed by atoms with van der Waals surface area (Å²) in [5.41, 5.74) is 6.49. The molecule has 8 N–H and O–H groups in total. The highest BCUT2D eigenvalue weighted by molar-refractivity contribution is 6.05. The SMILES string of the molecule is CCNC(=O)c1cc(NC(=O)CNC(=O)c2cc(NC(=O)CNC(=O)c3cc(NC(=O)CN)ccc3OC)ccc2OC)ccc1OC. The minimum atomic E-state index is -0.669. The highest BCUT2D eigenvalue weighted by Crippen LogP contribution is 2.25. The quantitative estimate of drug-likeness (QED) is 0.122. The second-order valence-electron chi connectivity index (χ2n) is 9.82. The van der Waals surface area contributed by atoms with Gasteiger partial charge in [0, 0.05) is 23.6 Å². The molecule has 0 bridgehead atoms. The molecule has 0 saturated carbocycles. The zero-order chi connectivity index (χ0) is 35.2. The molecule has 6 amide bonds. The molecular formula is C32H37N7O9. The van der Waals surface area contributed by atoms with Crippen LogP contribution in [-0.2, 0) is 14.4 Å². The Morgan fingerprint density at radius 3 is 1.19 bits per heavy atom. The molecule has 0 saturated heterocycles. The van der Waals surface area contributed by atoms with Gasteiger partial charge in [-0.15, -0.1) is 0 Å². The predicted octanol–water partition coefficient (Wildman–Crippen LogP) is 1.10. The lowest BCUT2D eigenvalue weighted by Gasteiger charge is -2.14. The smallest absolute Gasteiger partial charge is 0.255 e. The highest BCUT2D eigenvalue weighted by atomic mass is 16.5. The molecule has 0 aliphatic rings. The van der Waals surface area contributed by atoms with Crippen LogP contribution in [-0.4, -0.2) is 83.0 Å². The van der Waals surface area contributed by atoms with Crippen LogP contribution in [0.15, 0.2) is 54.6 Å². The van der Waals surface area contributed by atoms with Crippen LogP contribution in [0.5, 0.6) is 17.2 Å². The van der Waals surface area contributed by atoms with E-state index in [1.165, 1.54) is 69.9 Å². The first-order valence-corrected chi connectivity index (χ1v) is 14.5. The molecule has 3 aromatic rings. The molecule has 0 unspecified atom stereocenters. The van der Waals surface area contributed by atoms with E-state index in [1.54, 1.807) is 13.0 Å². The van der Waals surface area contributed by atoms with Crippen LogP contribution in [0.2, 0.25) is 0 Å². The lowest BCUT2D eigenvalue weighted by atomic mass is 10.1. The first-order chi connectivity index (χ1) is 23.0. The van der Waals surface area contributed by atoms with Gasteiger partial charge < -0.3 is 51.8 Å². The van der Waals surface area contributed by atoms with E-state index in [-0.39, 0.29) is 46.3 Å². The number of methoxy groups -OCH3 is 3. The van der Waals surface area contributed by atoms with E-state index in [0.29, 0.717) is 23.7 Å². The van der Waals surface area contributed by atoms with Crippen molar-refractivity contribution in [3.8, 4) is 17.2 Å². The van der Waals surface area contributed by atoms with E-state index in [0.717, 1.165) is 0 Å². The number of carbonyl (C=O) groups is 6. The normalized spacial score (nSPS) is 10.2. The number of rotatable bonds is 15. The summed E-state index contributed by atoms with van der Waals surface area (Å²) in [5, 5.41) is 15.4. The van der Waals surface area contributed by atoms with Crippen LogP contribution in [0.1, 0.15) is 38.0 Å². The Balaban J connectivity index is 1.61. The number of anilines is 3. The van der Waals surface area contributed by atoms with Crippen LogP contribution in [0.25, 0.3) is 0 Å². The standard InChI is InChI=1S/C32H37N7O9/c1-5-34-30(43)21-13-19(7-10-24(21)46-2)38-28(41)16-36-32(45)23-14-20(8-11-26(23)48-4)39-29(42)17-35-31(44)22-12-18(37-27(40)15-33)6-9-25(22)47-3/h6-14H,5,15-17,33H2,1-4H3,(H,34,43)(H,35,44)(H,36,45)(H,37,40)(H,38,41)(H,39,42). The zero-order valence-electron chi connectivity index (χ0n) is 26.8. The van der Waals surface area contributed by atoms with Gasteiger partial charge in [0.25, 0.3) is 17.7 Å². The molecule has 3 aromatic carbocycles. The molecule has 0 fully saturated rings. The van der Waals surface area contributed by atoms with Gasteiger partial charge in [-0.05, 0) is 61.5 Å². The van der Waals surface area contributed by atoms with Crippen LogP contribution in [0, 0.1) is 0 Å². The van der Waals surface area contributed by atoms with Gasteiger partial charge in [0.2, 0.25) is 17.7 Å². The Morgan fingerprint density at radius 2 is 0.875 bits per heavy atom. The molecule has 0 aliphatic carbocycles. The van der Waals surface area contributed by atoms with E-state index in [4.69, 9.17) is 19.9 Å². The number of nitrogens with two attached hydrogens (primary N) is 1. The van der Waals surface area contributed by atoms with Crippen LogP contribution in [0.3, 0.4) is 0 Å². The highest BCUT2D eigenvalue weighted by Gasteiger charge is 2.18. The molecular weight excluding hydrogens is 626 g/mol. The summed E-state index contributed by atoms with van der Waals surface area (Å²) >= 11 is 0. The number of benzene rings is 3. The van der Waals surface area contributed by atoms with Crippen LogP contribution < -0.4 is 51.8 Å². The van der Waals surface area contributed by atoms with Crippen molar-refractivity contribution in [2.45, 2.75) is 6.92 Å². The number of amides is 6. The van der Waals surface area contributed by atoms with Crippen molar-refractivity contribution < 1.29 is 43.0 Å². The second kappa shape index (κ2) is 17.5. The van der Waals surface area contributed by atoms with Gasteiger partial charge in [-0.25, -0.2) is 0 Å². The summed E-state index contributed by atoms with van der Waals surface area (Å²) in [7, 11) is 4.15. The third-order valence-electron chi connectivity index (χ3n) is 6.53. The van der Waals surface area contributed by atoms with Gasteiger partial charge in [-0.3, -0.25) is 28.8 Å². The van der Waals surface area contributed by atoms with Crippen molar-refractivity contribution in [1.82, 2.24) is 16.0 Å². The van der Waals surface area contributed by atoms with Gasteiger partial charge >= 0.3 is 0 Å². The first-order valence-electron chi connectivity index (χ1n) is 14.5. The Labute approximate surface area is 276 Å². The lowest BCUT2D eigenvalue weighted by Crippen LogP contribution is -2.34. The minimum absolute atomic E-state index is 0.0242. The lowest BCUT2D eigenvalue weighted by molar-refractivity contribution is -0.116. The van der Waals surface area contributed by atoms with E-state index in [2.05, 4.69) is 31.9 Å². The monoisotopic (exact) mass is 663 g/mol. The van der Waals surface area contributed by atoms with Crippen LogP contribution in [0.4, 0.5) is 17.1 Å². The summed E-state index contributed by atoms with van der Waals surface area (Å²) in [6.07, 6.45) is 0. The molecule has 0 spiro atoms. The summed E-state index contributed by atoms with van der Waals surface area (Å²) < 4.78 is 15.7. The molecule has 254 valence electrons. The van der Waals surface area contributed by atoms with Crippen molar-refractivity contribution in [2.75, 3.05) is 63.5 Å². The van der Waals surface area contributed by atoms with E-state index >= 15 is 0 Å². The third kappa shape index (κ3) is 9.92. The maximum Gasteiger partial charge on any atom is 0.255 e. The van der Waals surface area contributed by atoms with Crippen molar-refractivity contribution in [1.29, 1.82) is 0 Å². The molecule has 0 atom stereocenters. The van der Waals surface area contributed by atoms with E-state index in [9.17, 15) is 28.8 Å². The summed E-state index contributed by atoms with van der Waals surface area (Å²) in [6, 6.07) is 13.2. The Bertz CT molecular complexity index is 1690. The molecule has 48 heavy (non-hydrogen) atoms. The molecule has 0 heterocycles. The molecule has 0 aromatic heterocycles. The molecule has 3 rings (SSSR count).